The molecule has 2 aromatic carbocycles. The molecule has 3 N–H and O–H groups in total. The lowest BCUT2D eigenvalue weighted by molar-refractivity contribution is -0.190. The number of nitrogens with one attached hydrogen (secondary N) is 1. The molecule has 4 saturated carbocycles. The Morgan fingerprint density at radius 2 is 1.46 bits per heavy atom. The second-order valence-electron chi connectivity index (χ2n) is 19.5. The molecule has 1 amide bonds. The van der Waals surface area contributed by atoms with Crippen molar-refractivity contribution >= 4 is 17.7 Å². The van der Waals surface area contributed by atoms with Crippen LogP contribution in [0.2, 0.25) is 0 Å². The molecule has 0 heterocycles. The number of carbonyl (C=O) groups is 3. The normalized spacial score (nSPS) is 39.8. The maximum Gasteiger partial charge on any atom is 0.312 e. The molecular weight excluding hydrogens is 645 g/mol. The maximum absolute atomic E-state index is 14.9. The third kappa shape index (κ3) is 5.81. The minimum Gasteiger partial charge on any atom is -0.460 e. The van der Waals surface area contributed by atoms with Gasteiger partial charge < -0.3 is 15.8 Å². The number of ether oxygens (including phenoxy) is 1. The van der Waals surface area contributed by atoms with Gasteiger partial charge in [0.05, 0.1) is 11.5 Å². The second-order valence-corrected chi connectivity index (χ2v) is 19.5. The van der Waals surface area contributed by atoms with Crippen LogP contribution in [0.3, 0.4) is 0 Å². The molecule has 0 unspecified atom stereocenters. The third-order valence-electron chi connectivity index (χ3n) is 16.3. The molecule has 7 rings (SSSR count). The van der Waals surface area contributed by atoms with Crippen LogP contribution in [0.1, 0.15) is 117 Å². The Hall–Kier alpha value is -3.25. The van der Waals surface area contributed by atoms with Crippen LogP contribution in [0.25, 0.3) is 0 Å². The highest BCUT2D eigenvalue weighted by Crippen LogP contribution is 2.75. The van der Waals surface area contributed by atoms with Crippen LogP contribution in [0.5, 0.6) is 0 Å². The zero-order valence-corrected chi connectivity index (χ0v) is 32.7. The van der Waals surface area contributed by atoms with Gasteiger partial charge in [-0.2, -0.15) is 0 Å². The van der Waals surface area contributed by atoms with Gasteiger partial charge >= 0.3 is 5.97 Å². The number of rotatable bonds is 7. The van der Waals surface area contributed by atoms with Gasteiger partial charge in [-0.25, -0.2) is 0 Å². The number of nitrogens with two attached hydrogens (primary N) is 1. The number of benzene rings is 2. The van der Waals surface area contributed by atoms with E-state index in [1.165, 1.54) is 5.57 Å². The van der Waals surface area contributed by atoms with Gasteiger partial charge in [0.2, 0.25) is 5.91 Å². The van der Waals surface area contributed by atoms with Crippen LogP contribution in [-0.4, -0.2) is 29.7 Å². The van der Waals surface area contributed by atoms with E-state index in [2.05, 4.69) is 59.9 Å². The zero-order chi connectivity index (χ0) is 37.3. The number of hydrogen-bond acceptors (Lipinski definition) is 5. The lowest BCUT2D eigenvalue weighted by atomic mass is 9.33. The lowest BCUT2D eigenvalue weighted by Crippen LogP contribution is -2.68. The molecule has 4 fully saturated rings. The molecule has 6 nitrogen and oxygen atoms in total. The highest BCUT2D eigenvalue weighted by Gasteiger charge is 2.70. The number of carbonyl (C=O) groups excluding carboxylic acids is 3. The molecule has 52 heavy (non-hydrogen) atoms. The molecule has 0 spiro atoms. The Morgan fingerprint density at radius 3 is 2.13 bits per heavy atom. The SMILES string of the molecule is CC1(C)[C@@H](NC(=O)[C@@H](N)Cc2ccccc2)CC[C@]2(C)[C@H]3C(=O)C=C4[C@@H]5C[C@@](C)(C(=O)OCc6ccccc6)CC[C@]5(C)CC[C@@]4(C)[C@]3(C)CC[C@@H]12. The fraction of sp³-hybridized carbons (Fsp3) is 0.630. The highest BCUT2D eigenvalue weighted by molar-refractivity contribution is 5.95. The first-order valence-corrected chi connectivity index (χ1v) is 20.0. The Bertz CT molecular complexity index is 1740. The van der Waals surface area contributed by atoms with E-state index in [0.29, 0.717) is 6.42 Å². The third-order valence-corrected chi connectivity index (χ3v) is 16.3. The Kier molecular flexibility index (Phi) is 9.24. The minimum atomic E-state index is -0.603. The molecule has 0 aliphatic heterocycles. The maximum atomic E-state index is 14.9. The molecule has 0 saturated heterocycles. The van der Waals surface area contributed by atoms with Crippen molar-refractivity contribution in [2.75, 3.05) is 0 Å². The van der Waals surface area contributed by atoms with Gasteiger partial charge in [0.1, 0.15) is 6.61 Å². The molecule has 5 aliphatic rings. The van der Waals surface area contributed by atoms with E-state index in [9.17, 15) is 14.4 Å². The number of hydrogen-bond donors (Lipinski definition) is 2. The van der Waals surface area contributed by atoms with E-state index < -0.39 is 11.5 Å². The number of esters is 1. The van der Waals surface area contributed by atoms with Gasteiger partial charge in [0.25, 0.3) is 0 Å². The van der Waals surface area contributed by atoms with Gasteiger partial charge in [-0.3, -0.25) is 14.4 Å². The zero-order valence-electron chi connectivity index (χ0n) is 32.7. The second kappa shape index (κ2) is 13.0. The summed E-state index contributed by atoms with van der Waals surface area (Å²) in [5.41, 5.74) is 8.60. The van der Waals surface area contributed by atoms with E-state index in [1.807, 2.05) is 60.7 Å². The van der Waals surface area contributed by atoms with Crippen molar-refractivity contribution in [1.82, 2.24) is 5.32 Å². The topological polar surface area (TPSA) is 98.5 Å². The standard InChI is InChI=1S/C46H62N2O4/c1-41(2)36-18-21-46(7)38(44(36,5)20-19-37(41)48-39(50)34(47)26-30-14-10-8-11-15-30)35(49)27-32-33-28-43(4,23-22-42(33,3)24-25-45(32,46)6)40(51)52-29-31-16-12-9-13-17-31/h8-17,27,33-34,36-38H,18-26,28-29,47H2,1-7H3,(H,48,50)/t33-,34-,36-,37-,38+,42+,43-,44-,45+,46+/m0/s1. The summed E-state index contributed by atoms with van der Waals surface area (Å²) in [5.74, 6) is 0.457. The average molecular weight is 707 g/mol. The van der Waals surface area contributed by atoms with Crippen molar-refractivity contribution in [3.63, 3.8) is 0 Å². The van der Waals surface area contributed by atoms with Crippen LogP contribution >= 0.6 is 0 Å². The smallest absolute Gasteiger partial charge is 0.312 e. The first kappa shape index (κ1) is 37.1. The van der Waals surface area contributed by atoms with Gasteiger partial charge in [-0.15, -0.1) is 0 Å². The highest BCUT2D eigenvalue weighted by atomic mass is 16.5. The lowest BCUT2D eigenvalue weighted by Gasteiger charge is -2.70. The summed E-state index contributed by atoms with van der Waals surface area (Å²) >= 11 is 0. The first-order valence-electron chi connectivity index (χ1n) is 20.0. The summed E-state index contributed by atoms with van der Waals surface area (Å²) in [6, 6.07) is 19.3. The average Bonchev–Trinajstić information content (AvgIpc) is 3.10. The molecule has 6 heteroatoms. The Labute approximate surface area is 312 Å². The fourth-order valence-electron chi connectivity index (χ4n) is 12.8. The summed E-state index contributed by atoms with van der Waals surface area (Å²) in [5, 5.41) is 3.40. The van der Waals surface area contributed by atoms with Crippen LogP contribution in [0.15, 0.2) is 72.3 Å². The molecular formula is C46H62N2O4. The quantitative estimate of drug-likeness (QED) is 0.281. The fourth-order valence-corrected chi connectivity index (χ4v) is 12.8. The molecule has 280 valence electrons. The Balaban J connectivity index is 1.13. The van der Waals surface area contributed by atoms with Gasteiger partial charge in [-0.05, 0) is 127 Å². The number of fused-ring (bicyclic) bond motifs is 7. The monoisotopic (exact) mass is 706 g/mol. The molecule has 0 radical (unpaired) electrons. The van der Waals surface area contributed by atoms with Crippen molar-refractivity contribution in [1.29, 1.82) is 0 Å². The molecule has 0 aromatic heterocycles. The summed E-state index contributed by atoms with van der Waals surface area (Å²) in [6.45, 7) is 16.7. The minimum absolute atomic E-state index is 0.00147. The van der Waals surface area contributed by atoms with Crippen molar-refractivity contribution in [3.8, 4) is 0 Å². The van der Waals surface area contributed by atoms with Crippen molar-refractivity contribution in [2.24, 2.45) is 56.0 Å². The van der Waals surface area contributed by atoms with E-state index in [0.717, 1.165) is 68.9 Å². The van der Waals surface area contributed by atoms with Crippen molar-refractivity contribution in [3.05, 3.63) is 83.4 Å². The van der Waals surface area contributed by atoms with E-state index in [-0.39, 0.29) is 75.1 Å². The van der Waals surface area contributed by atoms with Crippen molar-refractivity contribution < 1.29 is 19.1 Å². The van der Waals surface area contributed by atoms with E-state index in [1.54, 1.807) is 0 Å². The Morgan fingerprint density at radius 1 is 0.827 bits per heavy atom. The number of amides is 1. The number of ketones is 1. The summed E-state index contributed by atoms with van der Waals surface area (Å²) in [4.78, 5) is 42.2. The molecule has 2 aromatic rings. The summed E-state index contributed by atoms with van der Waals surface area (Å²) in [6.07, 6.45) is 11.0. The van der Waals surface area contributed by atoms with Gasteiger partial charge in [0, 0.05) is 12.0 Å². The molecule has 0 bridgehead atoms. The largest absolute Gasteiger partial charge is 0.460 e. The number of allylic oxidation sites excluding steroid dienone is 2. The van der Waals surface area contributed by atoms with E-state index in [4.69, 9.17) is 10.5 Å². The van der Waals surface area contributed by atoms with Crippen LogP contribution < -0.4 is 11.1 Å². The van der Waals surface area contributed by atoms with Gasteiger partial charge in [-0.1, -0.05) is 108 Å². The van der Waals surface area contributed by atoms with Crippen LogP contribution in [-0.2, 0) is 32.1 Å². The van der Waals surface area contributed by atoms with Gasteiger partial charge in [0.15, 0.2) is 5.78 Å². The van der Waals surface area contributed by atoms with Crippen molar-refractivity contribution in [2.45, 2.75) is 131 Å². The van der Waals surface area contributed by atoms with Crippen LogP contribution in [0, 0.1) is 50.2 Å². The predicted octanol–water partition coefficient (Wildman–Crippen LogP) is 8.77. The first-order chi connectivity index (χ1) is 24.5. The van der Waals surface area contributed by atoms with Crippen LogP contribution in [0.4, 0.5) is 0 Å². The molecule has 5 aliphatic carbocycles. The predicted molar refractivity (Wildman–Crippen MR) is 206 cm³/mol. The summed E-state index contributed by atoms with van der Waals surface area (Å²) < 4.78 is 5.98. The summed E-state index contributed by atoms with van der Waals surface area (Å²) in [7, 11) is 0. The van der Waals surface area contributed by atoms with E-state index >= 15 is 0 Å². The molecule has 10 atom stereocenters.